The lowest BCUT2D eigenvalue weighted by molar-refractivity contribution is -0.144. The summed E-state index contributed by atoms with van der Waals surface area (Å²) in [5.41, 5.74) is 0.610. The van der Waals surface area contributed by atoms with Gasteiger partial charge in [-0.2, -0.15) is 5.26 Å². The van der Waals surface area contributed by atoms with E-state index in [1.807, 2.05) is 0 Å². The number of nitriles is 1. The lowest BCUT2D eigenvalue weighted by atomic mass is 10.1. The van der Waals surface area contributed by atoms with E-state index in [0.29, 0.717) is 17.0 Å². The van der Waals surface area contributed by atoms with Gasteiger partial charge in [-0.1, -0.05) is 12.1 Å². The van der Waals surface area contributed by atoms with Crippen molar-refractivity contribution in [1.29, 1.82) is 5.26 Å². The summed E-state index contributed by atoms with van der Waals surface area (Å²) in [6.45, 7) is -1.04. The Balaban J connectivity index is 1.81. The number of carbonyl (C=O) groups is 3. The Bertz CT molecular complexity index is 996. The zero-order valence-corrected chi connectivity index (χ0v) is 16.0. The highest BCUT2D eigenvalue weighted by Gasteiger charge is 2.14. The second-order valence-electron chi connectivity index (χ2n) is 5.85. The number of benzene rings is 2. The molecular weight excluding hydrogens is 393 g/mol. The van der Waals surface area contributed by atoms with Gasteiger partial charge in [0.1, 0.15) is 23.2 Å². The maximum atomic E-state index is 12.8. The van der Waals surface area contributed by atoms with Crippen molar-refractivity contribution in [3.05, 3.63) is 65.5 Å². The van der Waals surface area contributed by atoms with Crippen molar-refractivity contribution in [1.82, 2.24) is 5.32 Å². The number of nitrogens with zero attached hydrogens (tertiary/aromatic N) is 1. The Morgan fingerprint density at radius 1 is 1.13 bits per heavy atom. The topological polar surface area (TPSA) is 118 Å². The summed E-state index contributed by atoms with van der Waals surface area (Å²) in [6, 6.07) is 13.5. The molecule has 0 aliphatic carbocycles. The predicted molar refractivity (Wildman–Crippen MR) is 106 cm³/mol. The van der Waals surface area contributed by atoms with E-state index in [0.717, 1.165) is 0 Å². The molecule has 0 radical (unpaired) electrons. The van der Waals surface area contributed by atoms with Gasteiger partial charge in [0.15, 0.2) is 6.61 Å². The van der Waals surface area contributed by atoms with Gasteiger partial charge in [0, 0.05) is 5.69 Å². The Labute approximate surface area is 171 Å². The molecule has 9 heteroatoms. The van der Waals surface area contributed by atoms with Gasteiger partial charge in [-0.25, -0.2) is 9.18 Å². The molecule has 2 rings (SSSR count). The molecule has 0 aromatic heterocycles. The van der Waals surface area contributed by atoms with Crippen LogP contribution in [-0.4, -0.2) is 38.0 Å². The Morgan fingerprint density at radius 2 is 1.87 bits per heavy atom. The number of amides is 2. The first-order valence-electron chi connectivity index (χ1n) is 8.66. The Kier molecular flexibility index (Phi) is 8.08. The number of nitrogens with one attached hydrogen (secondary N) is 2. The normalized spacial score (nSPS) is 10.5. The molecule has 8 nitrogen and oxygen atoms in total. The zero-order chi connectivity index (χ0) is 21.9. The van der Waals surface area contributed by atoms with Crippen LogP contribution in [0.3, 0.4) is 0 Å². The van der Waals surface area contributed by atoms with Crippen molar-refractivity contribution in [2.45, 2.75) is 0 Å². The van der Waals surface area contributed by atoms with Crippen LogP contribution in [0.15, 0.2) is 54.1 Å². The van der Waals surface area contributed by atoms with E-state index in [1.54, 1.807) is 30.3 Å². The maximum Gasteiger partial charge on any atom is 0.349 e. The van der Waals surface area contributed by atoms with E-state index in [9.17, 15) is 18.8 Å². The lowest BCUT2D eigenvalue weighted by Crippen LogP contribution is -2.35. The summed E-state index contributed by atoms with van der Waals surface area (Å²) in [6.07, 6.45) is 1.30. The number of methoxy groups -OCH3 is 1. The fraction of sp³-hybridized carbons (Fsp3) is 0.143. The van der Waals surface area contributed by atoms with Gasteiger partial charge in [-0.15, -0.1) is 0 Å². The summed E-state index contributed by atoms with van der Waals surface area (Å²) in [7, 11) is 1.49. The van der Waals surface area contributed by atoms with Crippen molar-refractivity contribution >= 4 is 29.5 Å². The van der Waals surface area contributed by atoms with Crippen LogP contribution in [0.4, 0.5) is 10.1 Å². The third kappa shape index (κ3) is 7.09. The van der Waals surface area contributed by atoms with Gasteiger partial charge in [-0.05, 0) is 48.0 Å². The zero-order valence-electron chi connectivity index (χ0n) is 16.0. The van der Waals surface area contributed by atoms with Crippen LogP contribution in [0.2, 0.25) is 0 Å². The van der Waals surface area contributed by atoms with Gasteiger partial charge >= 0.3 is 5.97 Å². The van der Waals surface area contributed by atoms with Crippen LogP contribution >= 0.6 is 0 Å². The molecule has 2 aromatic rings. The van der Waals surface area contributed by atoms with Crippen molar-refractivity contribution < 1.29 is 28.2 Å². The number of anilines is 1. The number of ether oxygens (including phenoxy) is 2. The summed E-state index contributed by atoms with van der Waals surface area (Å²) >= 11 is 0. The third-order valence-corrected chi connectivity index (χ3v) is 3.65. The largest absolute Gasteiger partial charge is 0.497 e. The first-order chi connectivity index (χ1) is 14.4. The molecule has 30 heavy (non-hydrogen) atoms. The van der Waals surface area contributed by atoms with Gasteiger partial charge < -0.3 is 20.1 Å². The number of carbonyl (C=O) groups excluding carboxylic acids is 3. The molecule has 0 bridgehead atoms. The van der Waals surface area contributed by atoms with Crippen LogP contribution < -0.4 is 15.4 Å². The molecule has 0 aliphatic heterocycles. The highest BCUT2D eigenvalue weighted by molar-refractivity contribution is 5.99. The minimum atomic E-state index is -0.980. The highest BCUT2D eigenvalue weighted by Crippen LogP contribution is 2.15. The quantitative estimate of drug-likeness (QED) is 0.390. The second kappa shape index (κ2) is 11.0. The summed E-state index contributed by atoms with van der Waals surface area (Å²) < 4.78 is 22.7. The van der Waals surface area contributed by atoms with Crippen molar-refractivity contribution in [2.24, 2.45) is 0 Å². The number of rotatable bonds is 8. The molecule has 0 saturated heterocycles. The van der Waals surface area contributed by atoms with Crippen LogP contribution in [0, 0.1) is 17.1 Å². The van der Waals surface area contributed by atoms with Gasteiger partial charge in [-0.3, -0.25) is 9.59 Å². The second-order valence-corrected chi connectivity index (χ2v) is 5.85. The van der Waals surface area contributed by atoms with E-state index in [4.69, 9.17) is 14.7 Å². The summed E-state index contributed by atoms with van der Waals surface area (Å²) in [5.74, 6) is -2.15. The third-order valence-electron chi connectivity index (χ3n) is 3.65. The smallest absolute Gasteiger partial charge is 0.349 e. The average Bonchev–Trinajstić information content (AvgIpc) is 2.76. The average molecular weight is 411 g/mol. The monoisotopic (exact) mass is 411 g/mol. The van der Waals surface area contributed by atoms with E-state index in [2.05, 4.69) is 10.6 Å². The molecule has 0 unspecified atom stereocenters. The molecule has 0 aliphatic rings. The molecule has 2 aromatic carbocycles. The van der Waals surface area contributed by atoms with E-state index < -0.39 is 30.2 Å². The van der Waals surface area contributed by atoms with Crippen LogP contribution in [0.25, 0.3) is 6.08 Å². The number of esters is 1. The highest BCUT2D eigenvalue weighted by atomic mass is 19.1. The molecule has 0 fully saturated rings. The minimum Gasteiger partial charge on any atom is -0.497 e. The fourth-order valence-corrected chi connectivity index (χ4v) is 2.21. The van der Waals surface area contributed by atoms with Crippen LogP contribution in [0.1, 0.15) is 5.56 Å². The number of hydrogen-bond acceptors (Lipinski definition) is 6. The predicted octanol–water partition coefficient (Wildman–Crippen LogP) is 2.04. The SMILES string of the molecule is COc1cccc(/C=C(\C#N)C(=O)OCC(=O)NCC(=O)Nc2ccc(F)cc2)c1. The number of hydrogen-bond donors (Lipinski definition) is 2. The summed E-state index contributed by atoms with van der Waals surface area (Å²) in [4.78, 5) is 35.5. The molecule has 154 valence electrons. The first kappa shape index (κ1) is 22.1. The molecule has 2 N–H and O–H groups in total. The standard InChI is InChI=1S/C21H18FN3O5/c1-29-18-4-2-3-14(10-18)9-15(11-23)21(28)30-13-20(27)24-12-19(26)25-17-7-5-16(22)6-8-17/h2-10H,12-13H2,1H3,(H,24,27)(H,25,26)/b15-9+. The molecule has 2 amide bonds. The van der Waals surface area contributed by atoms with Crippen molar-refractivity contribution in [3.8, 4) is 11.8 Å². The molecular formula is C21H18FN3O5. The molecule has 0 saturated carbocycles. The van der Waals surface area contributed by atoms with Crippen LogP contribution in [-0.2, 0) is 19.1 Å². The van der Waals surface area contributed by atoms with E-state index in [-0.39, 0.29) is 12.1 Å². The molecule has 0 heterocycles. The first-order valence-corrected chi connectivity index (χ1v) is 8.66. The van der Waals surface area contributed by atoms with Crippen molar-refractivity contribution in [3.63, 3.8) is 0 Å². The van der Waals surface area contributed by atoms with Gasteiger partial charge in [0.2, 0.25) is 5.91 Å². The summed E-state index contributed by atoms with van der Waals surface area (Å²) in [5, 5.41) is 13.9. The van der Waals surface area contributed by atoms with Gasteiger partial charge in [0.25, 0.3) is 5.91 Å². The van der Waals surface area contributed by atoms with Crippen molar-refractivity contribution in [2.75, 3.05) is 25.6 Å². The fourth-order valence-electron chi connectivity index (χ4n) is 2.21. The lowest BCUT2D eigenvalue weighted by Gasteiger charge is -2.07. The maximum absolute atomic E-state index is 12.8. The van der Waals surface area contributed by atoms with E-state index >= 15 is 0 Å². The van der Waals surface area contributed by atoms with Crippen LogP contribution in [0.5, 0.6) is 5.75 Å². The Hall–Kier alpha value is -4.19. The van der Waals surface area contributed by atoms with E-state index in [1.165, 1.54) is 37.5 Å². The minimum absolute atomic E-state index is 0.301. The molecule has 0 spiro atoms. The Morgan fingerprint density at radius 3 is 2.53 bits per heavy atom. The number of halogens is 1. The molecule has 0 atom stereocenters. The van der Waals surface area contributed by atoms with Gasteiger partial charge in [0.05, 0.1) is 13.7 Å².